The van der Waals surface area contributed by atoms with E-state index in [2.05, 4.69) is 0 Å². The third-order valence-corrected chi connectivity index (χ3v) is 7.23. The van der Waals surface area contributed by atoms with Crippen molar-refractivity contribution in [3.05, 3.63) is 0 Å². The average Bonchev–Trinajstić information content (AvgIpc) is 2.74. The van der Waals surface area contributed by atoms with Crippen LogP contribution < -0.4 is 5.73 Å². The lowest BCUT2D eigenvalue weighted by Gasteiger charge is -2.72. The quantitative estimate of drug-likeness (QED) is 0.791. The van der Waals surface area contributed by atoms with Crippen molar-refractivity contribution in [2.45, 2.75) is 62.2 Å². The molecule has 122 valence electrons. The van der Waals surface area contributed by atoms with Gasteiger partial charge in [0.2, 0.25) is 11.7 Å². The van der Waals surface area contributed by atoms with Crippen LogP contribution in [0.2, 0.25) is 0 Å². The molecule has 5 fully saturated rings. The molecule has 0 aromatic rings. The molecule has 22 heavy (non-hydrogen) atoms. The average molecular weight is 332 g/mol. The van der Waals surface area contributed by atoms with Gasteiger partial charge in [0, 0.05) is 22.6 Å². The number of ketones is 1. The Labute approximate surface area is 132 Å². The summed E-state index contributed by atoms with van der Waals surface area (Å²) in [5.74, 6) is -6.02. The molecule has 6 heteroatoms. The molecule has 0 aromatic carbocycles. The normalized spacial score (nSPS) is 52.2. The fourth-order valence-electron chi connectivity index (χ4n) is 6.16. The van der Waals surface area contributed by atoms with E-state index in [4.69, 9.17) is 17.3 Å². The van der Waals surface area contributed by atoms with Gasteiger partial charge < -0.3 is 5.73 Å². The fourth-order valence-corrected chi connectivity index (χ4v) is 6.96. The van der Waals surface area contributed by atoms with E-state index in [-0.39, 0.29) is 22.6 Å². The summed E-state index contributed by atoms with van der Waals surface area (Å²) in [6, 6.07) is 0. The van der Waals surface area contributed by atoms with E-state index in [1.54, 1.807) is 0 Å². The van der Waals surface area contributed by atoms with E-state index in [1.807, 2.05) is 0 Å². The third-order valence-electron chi connectivity index (χ3n) is 6.83. The summed E-state index contributed by atoms with van der Waals surface area (Å²) in [5, 5.41) is 0. The van der Waals surface area contributed by atoms with Crippen molar-refractivity contribution < 1.29 is 18.4 Å². The maximum absolute atomic E-state index is 14.3. The monoisotopic (exact) mass is 331 g/mol. The standard InChI is InChI=1S/C16H20ClF2NO2/c17-14-6-13(7-14,8-14)10-2-1-3-15(10)4-9(11(20)21)5-16(18,19)12(15)22/h9-10H,1-8H2,(H2,20,21). The lowest BCUT2D eigenvalue weighted by atomic mass is 9.36. The van der Waals surface area contributed by atoms with Crippen LogP contribution in [0.5, 0.6) is 0 Å². The van der Waals surface area contributed by atoms with E-state index < -0.39 is 35.4 Å². The minimum atomic E-state index is -3.43. The molecule has 5 rings (SSSR count). The minimum absolute atomic E-state index is 0.0382. The van der Waals surface area contributed by atoms with Crippen molar-refractivity contribution in [3.8, 4) is 0 Å². The maximum Gasteiger partial charge on any atom is 0.306 e. The first kappa shape index (κ1) is 14.9. The number of rotatable bonds is 2. The molecule has 0 aliphatic heterocycles. The van der Waals surface area contributed by atoms with Crippen LogP contribution in [0.25, 0.3) is 0 Å². The van der Waals surface area contributed by atoms with Gasteiger partial charge in [0.1, 0.15) is 0 Å². The number of carbonyl (C=O) groups excluding carboxylic acids is 2. The highest BCUT2D eigenvalue weighted by Crippen LogP contribution is 2.79. The van der Waals surface area contributed by atoms with E-state index >= 15 is 0 Å². The number of amides is 1. The molecule has 1 spiro atoms. The number of primary amides is 1. The fraction of sp³-hybridized carbons (Fsp3) is 0.875. The Bertz CT molecular complexity index is 559. The van der Waals surface area contributed by atoms with Gasteiger partial charge in [-0.2, -0.15) is 8.78 Å². The summed E-state index contributed by atoms with van der Waals surface area (Å²) < 4.78 is 28.6. The van der Waals surface area contributed by atoms with Crippen LogP contribution in [-0.2, 0) is 9.59 Å². The summed E-state index contributed by atoms with van der Waals surface area (Å²) in [7, 11) is 0. The van der Waals surface area contributed by atoms with Crippen LogP contribution in [-0.4, -0.2) is 22.5 Å². The van der Waals surface area contributed by atoms with Gasteiger partial charge in [-0.25, -0.2) is 0 Å². The molecular weight excluding hydrogens is 312 g/mol. The van der Waals surface area contributed by atoms with Crippen molar-refractivity contribution in [1.82, 2.24) is 0 Å². The molecule has 5 saturated carbocycles. The molecule has 3 atom stereocenters. The molecule has 3 nitrogen and oxygen atoms in total. The Morgan fingerprint density at radius 1 is 1.23 bits per heavy atom. The molecule has 5 aliphatic carbocycles. The van der Waals surface area contributed by atoms with Crippen LogP contribution in [0.3, 0.4) is 0 Å². The first-order chi connectivity index (χ1) is 10.1. The number of alkyl halides is 3. The van der Waals surface area contributed by atoms with Crippen molar-refractivity contribution in [1.29, 1.82) is 0 Å². The topological polar surface area (TPSA) is 60.2 Å². The molecule has 0 heterocycles. The van der Waals surface area contributed by atoms with Crippen molar-refractivity contribution in [2.75, 3.05) is 0 Å². The van der Waals surface area contributed by atoms with E-state index in [9.17, 15) is 18.4 Å². The molecule has 2 N–H and O–H groups in total. The molecule has 0 aromatic heterocycles. The van der Waals surface area contributed by atoms with Gasteiger partial charge in [-0.05, 0) is 49.9 Å². The molecule has 3 unspecified atom stereocenters. The number of hydrogen-bond donors (Lipinski definition) is 1. The molecule has 2 bridgehead atoms. The SMILES string of the molecule is NC(=O)C1CC(F)(F)C(=O)C2(CCCC2C23CC(Cl)(C2)C3)C1. The molecular formula is C16H20ClF2NO2. The van der Waals surface area contributed by atoms with Gasteiger partial charge in [0.15, 0.2) is 0 Å². The zero-order valence-corrected chi connectivity index (χ0v) is 13.1. The Morgan fingerprint density at radius 3 is 2.41 bits per heavy atom. The second kappa shape index (κ2) is 4.03. The number of hydrogen-bond acceptors (Lipinski definition) is 2. The number of Topliss-reactive ketones (excluding diaryl/α,β-unsaturated/α-hetero) is 1. The van der Waals surface area contributed by atoms with Gasteiger partial charge >= 0.3 is 5.92 Å². The highest BCUT2D eigenvalue weighted by molar-refractivity contribution is 6.26. The summed E-state index contributed by atoms with van der Waals surface area (Å²) in [6.45, 7) is 0. The predicted molar refractivity (Wildman–Crippen MR) is 76.5 cm³/mol. The summed E-state index contributed by atoms with van der Waals surface area (Å²) >= 11 is 6.33. The van der Waals surface area contributed by atoms with Crippen LogP contribution in [0.1, 0.15) is 51.4 Å². The van der Waals surface area contributed by atoms with Gasteiger partial charge in [-0.15, -0.1) is 11.6 Å². The third kappa shape index (κ3) is 1.66. The maximum atomic E-state index is 14.3. The summed E-state index contributed by atoms with van der Waals surface area (Å²) in [4.78, 5) is 24.0. The van der Waals surface area contributed by atoms with Crippen molar-refractivity contribution in [3.63, 3.8) is 0 Å². The first-order valence-electron chi connectivity index (χ1n) is 8.04. The number of carbonyl (C=O) groups is 2. The van der Waals surface area contributed by atoms with Crippen LogP contribution in [0.4, 0.5) is 8.78 Å². The van der Waals surface area contributed by atoms with Gasteiger partial charge in [-0.3, -0.25) is 9.59 Å². The highest BCUT2D eigenvalue weighted by Gasteiger charge is 2.75. The zero-order chi connectivity index (χ0) is 16.0. The highest BCUT2D eigenvalue weighted by atomic mass is 35.5. The van der Waals surface area contributed by atoms with Gasteiger partial charge in [-0.1, -0.05) is 6.42 Å². The van der Waals surface area contributed by atoms with E-state index in [1.165, 1.54) is 0 Å². The van der Waals surface area contributed by atoms with E-state index in [0.717, 1.165) is 32.1 Å². The summed E-state index contributed by atoms with van der Waals surface area (Å²) in [6.07, 6.45) is 4.00. The zero-order valence-electron chi connectivity index (χ0n) is 12.3. The van der Waals surface area contributed by atoms with Gasteiger partial charge in [0.25, 0.3) is 0 Å². The van der Waals surface area contributed by atoms with Gasteiger partial charge in [0.05, 0.1) is 0 Å². The Morgan fingerprint density at radius 2 is 1.86 bits per heavy atom. The van der Waals surface area contributed by atoms with Crippen molar-refractivity contribution in [2.24, 2.45) is 28.4 Å². The van der Waals surface area contributed by atoms with Crippen LogP contribution >= 0.6 is 11.6 Å². The molecule has 5 aliphatic rings. The second-order valence-electron chi connectivity index (χ2n) is 8.19. The second-order valence-corrected chi connectivity index (χ2v) is 8.99. The molecule has 0 saturated heterocycles. The number of nitrogens with two attached hydrogens (primary N) is 1. The lowest BCUT2D eigenvalue weighted by Crippen LogP contribution is -2.70. The Balaban J connectivity index is 1.70. The smallest absolute Gasteiger partial charge is 0.306 e. The molecule has 1 amide bonds. The summed E-state index contributed by atoms with van der Waals surface area (Å²) in [5.41, 5.74) is 4.22. The minimum Gasteiger partial charge on any atom is -0.369 e. The number of halogens is 3. The van der Waals surface area contributed by atoms with E-state index in [0.29, 0.717) is 6.42 Å². The van der Waals surface area contributed by atoms with Crippen LogP contribution in [0, 0.1) is 22.7 Å². The largest absolute Gasteiger partial charge is 0.369 e. The lowest BCUT2D eigenvalue weighted by molar-refractivity contribution is -0.197. The predicted octanol–water partition coefficient (Wildman–Crippen LogP) is 3.03. The molecule has 0 radical (unpaired) electrons. The Kier molecular flexibility index (Phi) is 2.72. The van der Waals surface area contributed by atoms with Crippen molar-refractivity contribution >= 4 is 23.3 Å². The first-order valence-corrected chi connectivity index (χ1v) is 8.41. The Hall–Kier alpha value is -0.710. The van der Waals surface area contributed by atoms with Crippen LogP contribution in [0.15, 0.2) is 0 Å².